The van der Waals surface area contributed by atoms with Crippen molar-refractivity contribution < 1.29 is 14.3 Å². The first-order valence-electron chi connectivity index (χ1n) is 10.3. The van der Waals surface area contributed by atoms with Crippen LogP contribution in [-0.2, 0) is 11.3 Å². The molecule has 1 amide bonds. The zero-order valence-corrected chi connectivity index (χ0v) is 18.5. The standard InChI is InChI=1S/C25H23N3O5/c1-16-8-13-20-19(14-16)24(30)28(21-6-4-5-7-22(21)33-3)25(31)27(20)15-23(29)26-17-9-11-18(32-2)12-10-17/h4-14H,15H2,1-3H3,(H,26,29). The topological polar surface area (TPSA) is 91.6 Å². The molecule has 1 aromatic heterocycles. The maximum Gasteiger partial charge on any atom is 0.336 e. The average Bonchev–Trinajstić information content (AvgIpc) is 2.83. The molecule has 3 aromatic carbocycles. The number of amides is 1. The minimum absolute atomic E-state index is 0.278. The van der Waals surface area contributed by atoms with Crippen LogP contribution >= 0.6 is 0 Å². The molecule has 8 heteroatoms. The number of nitrogens with zero attached hydrogens (tertiary/aromatic N) is 2. The summed E-state index contributed by atoms with van der Waals surface area (Å²) in [5.74, 6) is 0.627. The Morgan fingerprint density at radius 2 is 1.67 bits per heavy atom. The zero-order chi connectivity index (χ0) is 23.5. The number of hydrogen-bond donors (Lipinski definition) is 1. The first-order valence-corrected chi connectivity index (χ1v) is 10.3. The molecule has 8 nitrogen and oxygen atoms in total. The molecule has 0 bridgehead atoms. The fourth-order valence-corrected chi connectivity index (χ4v) is 3.69. The Kier molecular flexibility index (Phi) is 5.99. The highest BCUT2D eigenvalue weighted by molar-refractivity contribution is 5.91. The summed E-state index contributed by atoms with van der Waals surface area (Å²) >= 11 is 0. The third kappa shape index (κ3) is 4.23. The monoisotopic (exact) mass is 445 g/mol. The molecular weight excluding hydrogens is 422 g/mol. The number of aryl methyl sites for hydroxylation is 1. The number of hydrogen-bond acceptors (Lipinski definition) is 5. The predicted molar refractivity (Wildman–Crippen MR) is 127 cm³/mol. The summed E-state index contributed by atoms with van der Waals surface area (Å²) in [5, 5.41) is 3.11. The molecule has 4 rings (SSSR count). The van der Waals surface area contributed by atoms with Crippen molar-refractivity contribution in [1.82, 2.24) is 9.13 Å². The number of para-hydroxylation sites is 2. The summed E-state index contributed by atoms with van der Waals surface area (Å²) in [5.41, 5.74) is 1.00. The Bertz CT molecular complexity index is 1450. The second kappa shape index (κ2) is 9.04. The molecule has 0 spiro atoms. The van der Waals surface area contributed by atoms with E-state index in [0.717, 1.165) is 10.1 Å². The van der Waals surface area contributed by atoms with E-state index >= 15 is 0 Å². The van der Waals surface area contributed by atoms with Gasteiger partial charge in [0.15, 0.2) is 0 Å². The number of nitrogens with one attached hydrogen (secondary N) is 1. The summed E-state index contributed by atoms with van der Waals surface area (Å²) in [7, 11) is 3.03. The predicted octanol–water partition coefficient (Wildman–Crippen LogP) is 3.12. The van der Waals surface area contributed by atoms with Gasteiger partial charge in [-0.05, 0) is 55.5 Å². The maximum atomic E-state index is 13.5. The molecule has 0 aliphatic carbocycles. The number of rotatable bonds is 6. The molecule has 1 N–H and O–H groups in total. The van der Waals surface area contributed by atoms with E-state index in [1.807, 2.05) is 6.92 Å². The minimum Gasteiger partial charge on any atom is -0.497 e. The fourth-order valence-electron chi connectivity index (χ4n) is 3.69. The first kappa shape index (κ1) is 21.9. The van der Waals surface area contributed by atoms with E-state index in [9.17, 15) is 14.4 Å². The van der Waals surface area contributed by atoms with Crippen molar-refractivity contribution in [2.75, 3.05) is 19.5 Å². The molecule has 4 aromatic rings. The largest absolute Gasteiger partial charge is 0.497 e. The van der Waals surface area contributed by atoms with Gasteiger partial charge in [0.05, 0.1) is 30.8 Å². The quantitative estimate of drug-likeness (QED) is 0.492. The smallest absolute Gasteiger partial charge is 0.336 e. The van der Waals surface area contributed by atoms with Crippen molar-refractivity contribution in [2.24, 2.45) is 0 Å². The highest BCUT2D eigenvalue weighted by Gasteiger charge is 2.19. The van der Waals surface area contributed by atoms with Crippen LogP contribution in [0.25, 0.3) is 16.6 Å². The van der Waals surface area contributed by atoms with Crippen LogP contribution in [0, 0.1) is 6.92 Å². The third-order valence-corrected chi connectivity index (χ3v) is 5.30. The lowest BCUT2D eigenvalue weighted by Gasteiger charge is -2.16. The molecule has 0 fully saturated rings. The van der Waals surface area contributed by atoms with E-state index in [1.54, 1.807) is 73.8 Å². The van der Waals surface area contributed by atoms with Crippen molar-refractivity contribution in [3.05, 3.63) is 93.1 Å². The molecule has 1 heterocycles. The summed E-state index contributed by atoms with van der Waals surface area (Å²) in [4.78, 5) is 39.7. The number of anilines is 1. The van der Waals surface area contributed by atoms with Crippen molar-refractivity contribution >= 4 is 22.5 Å². The lowest BCUT2D eigenvalue weighted by molar-refractivity contribution is -0.116. The van der Waals surface area contributed by atoms with E-state index < -0.39 is 17.2 Å². The van der Waals surface area contributed by atoms with Gasteiger partial charge >= 0.3 is 5.69 Å². The molecule has 0 saturated heterocycles. The molecule has 0 saturated carbocycles. The number of fused-ring (bicyclic) bond motifs is 1. The lowest BCUT2D eigenvalue weighted by atomic mass is 10.1. The van der Waals surface area contributed by atoms with Gasteiger partial charge in [-0.1, -0.05) is 23.8 Å². The normalized spacial score (nSPS) is 10.8. The van der Waals surface area contributed by atoms with Crippen LogP contribution in [-0.4, -0.2) is 29.3 Å². The van der Waals surface area contributed by atoms with Crippen LogP contribution in [0.1, 0.15) is 5.56 Å². The van der Waals surface area contributed by atoms with Gasteiger partial charge in [0.1, 0.15) is 18.0 Å². The van der Waals surface area contributed by atoms with Gasteiger partial charge in [-0.2, -0.15) is 0 Å². The van der Waals surface area contributed by atoms with Gasteiger partial charge in [-0.3, -0.25) is 14.2 Å². The molecule has 0 unspecified atom stereocenters. The van der Waals surface area contributed by atoms with Gasteiger partial charge in [-0.15, -0.1) is 0 Å². The van der Waals surface area contributed by atoms with E-state index in [4.69, 9.17) is 9.47 Å². The van der Waals surface area contributed by atoms with Crippen molar-refractivity contribution in [1.29, 1.82) is 0 Å². The molecule has 33 heavy (non-hydrogen) atoms. The van der Waals surface area contributed by atoms with Gasteiger partial charge in [0, 0.05) is 5.69 Å². The lowest BCUT2D eigenvalue weighted by Crippen LogP contribution is -2.41. The fraction of sp³-hybridized carbons (Fsp3) is 0.160. The van der Waals surface area contributed by atoms with Crippen LogP contribution in [0.15, 0.2) is 76.3 Å². The maximum absolute atomic E-state index is 13.5. The molecule has 168 valence electrons. The Balaban J connectivity index is 1.84. The number of carbonyl (C=O) groups is 1. The number of aromatic nitrogens is 2. The zero-order valence-electron chi connectivity index (χ0n) is 18.5. The first-order chi connectivity index (χ1) is 15.9. The van der Waals surface area contributed by atoms with Crippen molar-refractivity contribution in [2.45, 2.75) is 13.5 Å². The highest BCUT2D eigenvalue weighted by atomic mass is 16.5. The number of methoxy groups -OCH3 is 2. The number of ether oxygens (including phenoxy) is 2. The molecular formula is C25H23N3O5. The minimum atomic E-state index is -0.634. The Hall–Kier alpha value is -4.33. The van der Waals surface area contributed by atoms with E-state index in [1.165, 1.54) is 11.7 Å². The Morgan fingerprint density at radius 1 is 0.939 bits per heavy atom. The summed E-state index contributed by atoms with van der Waals surface area (Å²) in [6.45, 7) is 1.58. The van der Waals surface area contributed by atoms with Gasteiger partial charge in [0.2, 0.25) is 5.91 Å². The Labute approximate surface area is 189 Å². The molecule has 0 radical (unpaired) electrons. The molecule has 0 aliphatic rings. The van der Waals surface area contributed by atoms with Crippen LogP contribution in [0.5, 0.6) is 11.5 Å². The van der Waals surface area contributed by atoms with Crippen molar-refractivity contribution in [3.63, 3.8) is 0 Å². The highest BCUT2D eigenvalue weighted by Crippen LogP contribution is 2.21. The van der Waals surface area contributed by atoms with E-state index in [0.29, 0.717) is 33.8 Å². The number of benzene rings is 3. The summed E-state index contributed by atoms with van der Waals surface area (Å²) < 4.78 is 12.8. The second-order valence-corrected chi connectivity index (χ2v) is 7.48. The Morgan fingerprint density at radius 3 is 2.36 bits per heavy atom. The second-order valence-electron chi connectivity index (χ2n) is 7.48. The molecule has 0 aliphatic heterocycles. The SMILES string of the molecule is COc1ccc(NC(=O)Cn2c(=O)n(-c3ccccc3OC)c(=O)c3cc(C)ccc32)cc1. The number of carbonyl (C=O) groups excluding carboxylic acids is 1. The van der Waals surface area contributed by atoms with Gasteiger partial charge in [-0.25, -0.2) is 9.36 Å². The van der Waals surface area contributed by atoms with Gasteiger partial charge < -0.3 is 14.8 Å². The molecule has 0 atom stereocenters. The van der Waals surface area contributed by atoms with Crippen molar-refractivity contribution in [3.8, 4) is 17.2 Å². The van der Waals surface area contributed by atoms with Crippen LogP contribution in [0.3, 0.4) is 0 Å². The van der Waals surface area contributed by atoms with Crippen LogP contribution < -0.4 is 26.0 Å². The van der Waals surface area contributed by atoms with Gasteiger partial charge in [0.25, 0.3) is 5.56 Å². The summed E-state index contributed by atoms with van der Waals surface area (Å²) in [6, 6.07) is 18.8. The van der Waals surface area contributed by atoms with E-state index in [-0.39, 0.29) is 6.54 Å². The van der Waals surface area contributed by atoms with Crippen LogP contribution in [0.2, 0.25) is 0 Å². The average molecular weight is 445 g/mol. The summed E-state index contributed by atoms with van der Waals surface area (Å²) in [6.07, 6.45) is 0. The van der Waals surface area contributed by atoms with Crippen LogP contribution in [0.4, 0.5) is 5.69 Å². The van der Waals surface area contributed by atoms with E-state index in [2.05, 4.69) is 5.32 Å². The third-order valence-electron chi connectivity index (χ3n) is 5.30.